The largest absolute Gasteiger partial charge is 0.493 e. The van der Waals surface area contributed by atoms with E-state index in [4.69, 9.17) is 9.84 Å². The maximum absolute atomic E-state index is 12.5. The Kier molecular flexibility index (Phi) is 6.35. The van der Waals surface area contributed by atoms with Gasteiger partial charge in [-0.25, -0.2) is 13.2 Å². The molecule has 7 nitrogen and oxygen atoms in total. The molecule has 0 bridgehead atoms. The van der Waals surface area contributed by atoms with Crippen LogP contribution in [0.3, 0.4) is 0 Å². The second kappa shape index (κ2) is 8.49. The maximum Gasteiger partial charge on any atom is 0.387 e. The fourth-order valence-corrected chi connectivity index (χ4v) is 3.12. The van der Waals surface area contributed by atoms with Crippen LogP contribution in [0.1, 0.15) is 5.56 Å². The molecule has 144 valence electrons. The smallest absolute Gasteiger partial charge is 0.387 e. The summed E-state index contributed by atoms with van der Waals surface area (Å²) in [5, 5.41) is 8.58. The number of ether oxygens (including phenoxy) is 2. The summed E-state index contributed by atoms with van der Waals surface area (Å²) in [6.45, 7) is -3.10. The minimum Gasteiger partial charge on any atom is -0.493 e. The van der Waals surface area contributed by atoms with E-state index in [1.165, 1.54) is 49.6 Å². The molecule has 2 N–H and O–H groups in total. The molecule has 0 fully saturated rings. The van der Waals surface area contributed by atoms with Gasteiger partial charge in [-0.15, -0.1) is 0 Å². The Balaban J connectivity index is 2.24. The fourth-order valence-electron chi connectivity index (χ4n) is 2.07. The lowest BCUT2D eigenvalue weighted by Gasteiger charge is -2.13. The van der Waals surface area contributed by atoms with Crippen molar-refractivity contribution in [2.75, 3.05) is 11.8 Å². The molecule has 0 aliphatic carbocycles. The van der Waals surface area contributed by atoms with Gasteiger partial charge in [0.1, 0.15) is 0 Å². The number of rotatable bonds is 8. The number of anilines is 1. The molecule has 0 amide bonds. The van der Waals surface area contributed by atoms with Crippen molar-refractivity contribution in [3.8, 4) is 11.5 Å². The summed E-state index contributed by atoms with van der Waals surface area (Å²) in [7, 11) is -2.74. The number of carbonyl (C=O) groups is 1. The molecular weight excluding hydrogens is 384 g/mol. The number of carboxylic acids is 1. The van der Waals surface area contributed by atoms with Gasteiger partial charge in [0.15, 0.2) is 11.5 Å². The monoisotopic (exact) mass is 399 g/mol. The molecule has 0 aliphatic heterocycles. The molecule has 27 heavy (non-hydrogen) atoms. The Morgan fingerprint density at radius 3 is 2.37 bits per heavy atom. The van der Waals surface area contributed by atoms with E-state index in [2.05, 4.69) is 9.46 Å². The second-order valence-corrected chi connectivity index (χ2v) is 6.77. The fraction of sp³-hybridized carbons (Fsp3) is 0.118. The lowest BCUT2D eigenvalue weighted by atomic mass is 10.2. The molecule has 0 aromatic heterocycles. The predicted octanol–water partition coefficient (Wildman–Crippen LogP) is 3.20. The highest BCUT2D eigenvalue weighted by Gasteiger charge is 2.17. The second-order valence-electron chi connectivity index (χ2n) is 5.09. The van der Waals surface area contributed by atoms with Crippen LogP contribution in [0.5, 0.6) is 11.5 Å². The van der Waals surface area contributed by atoms with Gasteiger partial charge in [-0.2, -0.15) is 8.78 Å². The summed E-state index contributed by atoms with van der Waals surface area (Å²) >= 11 is 0. The minimum absolute atomic E-state index is 0.00120. The van der Waals surface area contributed by atoms with Crippen LogP contribution in [0.15, 0.2) is 53.4 Å². The van der Waals surface area contributed by atoms with Crippen LogP contribution in [0.4, 0.5) is 14.5 Å². The molecule has 0 unspecified atom stereocenters. The first kappa shape index (κ1) is 20.2. The minimum atomic E-state index is -4.00. The first-order chi connectivity index (χ1) is 12.7. The topological polar surface area (TPSA) is 102 Å². The lowest BCUT2D eigenvalue weighted by molar-refractivity contribution is -0.131. The van der Waals surface area contributed by atoms with Crippen LogP contribution in [0, 0.1) is 0 Å². The van der Waals surface area contributed by atoms with Crippen molar-refractivity contribution in [1.82, 2.24) is 0 Å². The van der Waals surface area contributed by atoms with E-state index < -0.39 is 22.6 Å². The van der Waals surface area contributed by atoms with Gasteiger partial charge in [0.25, 0.3) is 10.0 Å². The number of sulfonamides is 1. The lowest BCUT2D eigenvalue weighted by Crippen LogP contribution is -2.13. The van der Waals surface area contributed by atoms with Gasteiger partial charge in [0.2, 0.25) is 0 Å². The van der Waals surface area contributed by atoms with Crippen LogP contribution in [-0.4, -0.2) is 33.2 Å². The zero-order chi connectivity index (χ0) is 20.0. The Morgan fingerprint density at radius 2 is 1.81 bits per heavy atom. The number of hydrogen-bond acceptors (Lipinski definition) is 5. The highest BCUT2D eigenvalue weighted by atomic mass is 32.2. The molecule has 0 radical (unpaired) electrons. The Hall–Kier alpha value is -3.14. The molecule has 10 heteroatoms. The van der Waals surface area contributed by atoms with E-state index >= 15 is 0 Å². The molecular formula is C17H15F2NO6S. The molecule has 0 saturated heterocycles. The molecule has 0 saturated carbocycles. The summed E-state index contributed by atoms with van der Waals surface area (Å²) in [5.41, 5.74) is 0.495. The molecule has 2 aromatic rings. The molecule has 0 atom stereocenters. The van der Waals surface area contributed by atoms with Crippen LogP contribution in [-0.2, 0) is 14.8 Å². The van der Waals surface area contributed by atoms with Crippen molar-refractivity contribution in [2.24, 2.45) is 0 Å². The third kappa shape index (κ3) is 5.68. The SMILES string of the molecule is COc1ccc(NS(=O)(=O)c2ccc(/C=C/C(=O)O)cc2)cc1OC(F)F. The van der Waals surface area contributed by atoms with E-state index in [1.807, 2.05) is 0 Å². The van der Waals surface area contributed by atoms with Crippen molar-refractivity contribution in [3.05, 3.63) is 54.1 Å². The zero-order valence-corrected chi connectivity index (χ0v) is 14.7. The van der Waals surface area contributed by atoms with Crippen LogP contribution >= 0.6 is 0 Å². The molecule has 0 aliphatic rings. The quantitative estimate of drug-likeness (QED) is 0.661. The average molecular weight is 399 g/mol. The Bertz CT molecular complexity index is 942. The highest BCUT2D eigenvalue weighted by Crippen LogP contribution is 2.32. The first-order valence-corrected chi connectivity index (χ1v) is 8.86. The molecule has 2 aromatic carbocycles. The highest BCUT2D eigenvalue weighted by molar-refractivity contribution is 7.92. The van der Waals surface area contributed by atoms with Crippen LogP contribution < -0.4 is 14.2 Å². The number of benzene rings is 2. The number of methoxy groups -OCH3 is 1. The van der Waals surface area contributed by atoms with E-state index in [9.17, 15) is 22.0 Å². The first-order valence-electron chi connectivity index (χ1n) is 7.38. The van der Waals surface area contributed by atoms with Crippen molar-refractivity contribution < 1.29 is 36.6 Å². The van der Waals surface area contributed by atoms with Gasteiger partial charge >= 0.3 is 12.6 Å². The maximum atomic E-state index is 12.5. The van der Waals surface area contributed by atoms with Crippen molar-refractivity contribution in [1.29, 1.82) is 0 Å². The van der Waals surface area contributed by atoms with E-state index in [1.54, 1.807) is 0 Å². The number of halogens is 2. The van der Waals surface area contributed by atoms with Gasteiger partial charge in [0, 0.05) is 12.1 Å². The van der Waals surface area contributed by atoms with Gasteiger partial charge in [0.05, 0.1) is 17.7 Å². The van der Waals surface area contributed by atoms with Crippen LogP contribution in [0.25, 0.3) is 6.08 Å². The summed E-state index contributed by atoms with van der Waals surface area (Å²) in [6, 6.07) is 9.11. The average Bonchev–Trinajstić information content (AvgIpc) is 2.60. The van der Waals surface area contributed by atoms with Crippen LogP contribution in [0.2, 0.25) is 0 Å². The third-order valence-corrected chi connectivity index (χ3v) is 4.64. The number of nitrogens with one attached hydrogen (secondary N) is 1. The van der Waals surface area contributed by atoms with Crippen molar-refractivity contribution in [2.45, 2.75) is 11.5 Å². The predicted molar refractivity (Wildman–Crippen MR) is 93.5 cm³/mol. The molecule has 0 heterocycles. The van der Waals surface area contributed by atoms with E-state index in [0.717, 1.165) is 12.1 Å². The number of alkyl halides is 2. The van der Waals surface area contributed by atoms with Crippen molar-refractivity contribution in [3.63, 3.8) is 0 Å². The van der Waals surface area contributed by atoms with Gasteiger partial charge in [-0.05, 0) is 35.9 Å². The Labute approximate surface area is 153 Å². The van der Waals surface area contributed by atoms with Gasteiger partial charge in [-0.1, -0.05) is 12.1 Å². The van der Waals surface area contributed by atoms with Crippen molar-refractivity contribution >= 4 is 27.8 Å². The number of hydrogen-bond donors (Lipinski definition) is 2. The number of carboxylic acid groups (broad SMARTS) is 1. The van der Waals surface area contributed by atoms with E-state index in [-0.39, 0.29) is 22.1 Å². The zero-order valence-electron chi connectivity index (χ0n) is 13.9. The summed E-state index contributed by atoms with van der Waals surface area (Å²) in [6.07, 6.45) is 2.23. The summed E-state index contributed by atoms with van der Waals surface area (Å²) in [5.74, 6) is -1.43. The van der Waals surface area contributed by atoms with E-state index in [0.29, 0.717) is 5.56 Å². The van der Waals surface area contributed by atoms with Gasteiger partial charge < -0.3 is 14.6 Å². The van der Waals surface area contributed by atoms with Gasteiger partial charge in [-0.3, -0.25) is 4.72 Å². The molecule has 0 spiro atoms. The molecule has 2 rings (SSSR count). The number of aliphatic carboxylic acids is 1. The normalized spacial score (nSPS) is 11.6. The summed E-state index contributed by atoms with van der Waals surface area (Å²) in [4.78, 5) is 10.4. The Morgan fingerprint density at radius 1 is 1.15 bits per heavy atom. The standard InChI is InChI=1S/C17H15F2NO6S/c1-25-14-8-5-12(10-15(14)26-17(18)19)20-27(23,24)13-6-2-11(3-7-13)4-9-16(21)22/h2-10,17,20H,1H3,(H,21,22)/b9-4+. The third-order valence-electron chi connectivity index (χ3n) is 3.24. The summed E-state index contributed by atoms with van der Waals surface area (Å²) < 4.78 is 61.2.